The van der Waals surface area contributed by atoms with Crippen molar-refractivity contribution in [3.05, 3.63) is 53.2 Å². The van der Waals surface area contributed by atoms with Crippen molar-refractivity contribution in [2.45, 2.75) is 24.3 Å². The van der Waals surface area contributed by atoms with Gasteiger partial charge in [0.15, 0.2) is 0 Å². The minimum absolute atomic E-state index is 0.135. The third-order valence-corrected chi connectivity index (χ3v) is 6.11. The van der Waals surface area contributed by atoms with Crippen LogP contribution in [0.25, 0.3) is 0 Å². The van der Waals surface area contributed by atoms with Gasteiger partial charge in [0.1, 0.15) is 10.7 Å². The molecule has 0 bridgehead atoms. The lowest BCUT2D eigenvalue weighted by atomic mass is 10.2. The smallest absolute Gasteiger partial charge is 0.242 e. The Kier molecular flexibility index (Phi) is 4.57. The summed E-state index contributed by atoms with van der Waals surface area (Å²) in [5, 5.41) is 0.277. The fourth-order valence-electron chi connectivity index (χ4n) is 2.72. The molecule has 1 aromatic carbocycles. The van der Waals surface area contributed by atoms with E-state index < -0.39 is 10.0 Å². The van der Waals surface area contributed by atoms with Crippen LogP contribution in [0.15, 0.2) is 47.5 Å². The summed E-state index contributed by atoms with van der Waals surface area (Å²) in [6.45, 7) is 3.16. The van der Waals surface area contributed by atoms with E-state index in [0.717, 1.165) is 24.3 Å². The normalized spacial score (nSPS) is 18.3. The molecule has 1 saturated heterocycles. The molecule has 122 valence electrons. The van der Waals surface area contributed by atoms with Gasteiger partial charge in [0.05, 0.1) is 5.02 Å². The number of anilines is 1. The van der Waals surface area contributed by atoms with Crippen molar-refractivity contribution in [3.63, 3.8) is 0 Å². The Morgan fingerprint density at radius 1 is 1.26 bits per heavy atom. The number of nitrogens with zero attached hydrogens (tertiary/aromatic N) is 2. The molecule has 1 aliphatic heterocycles. The van der Waals surface area contributed by atoms with Crippen molar-refractivity contribution in [3.8, 4) is 0 Å². The minimum atomic E-state index is -3.63. The van der Waals surface area contributed by atoms with E-state index in [9.17, 15) is 8.42 Å². The summed E-state index contributed by atoms with van der Waals surface area (Å²) in [5.41, 5.74) is 0.746. The molecule has 0 saturated carbocycles. The van der Waals surface area contributed by atoms with E-state index in [1.807, 2.05) is 18.2 Å². The number of rotatable bonds is 4. The van der Waals surface area contributed by atoms with Gasteiger partial charge in [-0.05, 0) is 37.1 Å². The first kappa shape index (κ1) is 16.2. The maximum Gasteiger partial charge on any atom is 0.242 e. The first-order chi connectivity index (χ1) is 11.0. The van der Waals surface area contributed by atoms with Crippen LogP contribution in [0.1, 0.15) is 12.0 Å². The molecule has 3 rings (SSSR count). The largest absolute Gasteiger partial charge is 0.355 e. The fraction of sp³-hybridized carbons (Fsp3) is 0.312. The highest BCUT2D eigenvalue weighted by Crippen LogP contribution is 2.26. The number of halogens is 1. The highest BCUT2D eigenvalue weighted by molar-refractivity contribution is 7.89. The van der Waals surface area contributed by atoms with Crippen LogP contribution in [0.4, 0.5) is 5.82 Å². The Labute approximate surface area is 141 Å². The molecule has 23 heavy (non-hydrogen) atoms. The van der Waals surface area contributed by atoms with Crippen molar-refractivity contribution in [2.24, 2.45) is 0 Å². The number of hydrogen-bond donors (Lipinski definition) is 1. The molecule has 2 aromatic rings. The van der Waals surface area contributed by atoms with Gasteiger partial charge in [-0.3, -0.25) is 0 Å². The quantitative estimate of drug-likeness (QED) is 0.919. The molecule has 0 radical (unpaired) electrons. The Morgan fingerprint density at radius 3 is 2.83 bits per heavy atom. The highest BCUT2D eigenvalue weighted by Gasteiger charge is 2.29. The molecule has 7 heteroatoms. The van der Waals surface area contributed by atoms with E-state index in [1.54, 1.807) is 25.3 Å². The summed E-state index contributed by atoms with van der Waals surface area (Å²) in [6.07, 6.45) is 2.47. The van der Waals surface area contributed by atoms with Gasteiger partial charge in [-0.2, -0.15) is 0 Å². The molecule has 1 N–H and O–H groups in total. The molecule has 0 amide bonds. The van der Waals surface area contributed by atoms with Gasteiger partial charge in [0, 0.05) is 25.3 Å². The second-order valence-electron chi connectivity index (χ2n) is 5.63. The number of nitrogens with one attached hydrogen (secondary N) is 1. The Hall–Kier alpha value is -1.63. The first-order valence-corrected chi connectivity index (χ1v) is 9.27. The summed E-state index contributed by atoms with van der Waals surface area (Å²) in [6, 6.07) is 10.6. The van der Waals surface area contributed by atoms with Gasteiger partial charge in [0.2, 0.25) is 10.0 Å². The van der Waals surface area contributed by atoms with E-state index >= 15 is 0 Å². The highest BCUT2D eigenvalue weighted by atomic mass is 35.5. The van der Waals surface area contributed by atoms with E-state index in [4.69, 9.17) is 11.6 Å². The van der Waals surface area contributed by atoms with Gasteiger partial charge in [-0.15, -0.1) is 0 Å². The van der Waals surface area contributed by atoms with Crippen LogP contribution in [-0.4, -0.2) is 32.5 Å². The SMILES string of the molecule is Cc1cccc(S(=O)(=O)N[C@@H]2CCN(c3ccccn3)C2)c1Cl. The van der Waals surface area contributed by atoms with Crippen LogP contribution in [0.5, 0.6) is 0 Å². The molecule has 5 nitrogen and oxygen atoms in total. The van der Waals surface area contributed by atoms with E-state index in [-0.39, 0.29) is 16.0 Å². The van der Waals surface area contributed by atoms with Gasteiger partial charge in [-0.1, -0.05) is 29.8 Å². The van der Waals surface area contributed by atoms with Gasteiger partial charge >= 0.3 is 0 Å². The number of benzene rings is 1. The summed E-state index contributed by atoms with van der Waals surface area (Å²) < 4.78 is 27.9. The minimum Gasteiger partial charge on any atom is -0.355 e. The van der Waals surface area contributed by atoms with Gasteiger partial charge in [-0.25, -0.2) is 18.1 Å². The average molecular weight is 352 g/mol. The number of aromatic nitrogens is 1. The van der Waals surface area contributed by atoms with E-state index in [2.05, 4.69) is 14.6 Å². The van der Waals surface area contributed by atoms with E-state index in [0.29, 0.717) is 6.54 Å². The zero-order valence-corrected chi connectivity index (χ0v) is 14.3. The number of pyridine rings is 1. The van der Waals surface area contributed by atoms with Gasteiger partial charge in [0.25, 0.3) is 0 Å². The summed E-state index contributed by atoms with van der Waals surface area (Å²) >= 11 is 6.15. The van der Waals surface area contributed by atoms with Crippen LogP contribution in [-0.2, 0) is 10.0 Å². The molecule has 1 atom stereocenters. The fourth-order valence-corrected chi connectivity index (χ4v) is 4.56. The topological polar surface area (TPSA) is 62.3 Å². The zero-order chi connectivity index (χ0) is 16.4. The van der Waals surface area contributed by atoms with Crippen LogP contribution in [0.3, 0.4) is 0 Å². The van der Waals surface area contributed by atoms with Crippen LogP contribution in [0.2, 0.25) is 5.02 Å². The van der Waals surface area contributed by atoms with Crippen molar-refractivity contribution < 1.29 is 8.42 Å². The summed E-state index contributed by atoms with van der Waals surface area (Å²) in [4.78, 5) is 6.51. The summed E-state index contributed by atoms with van der Waals surface area (Å²) in [7, 11) is -3.63. The maximum absolute atomic E-state index is 12.6. The monoisotopic (exact) mass is 351 g/mol. The second-order valence-corrected chi connectivity index (χ2v) is 7.69. The standard InChI is InChI=1S/C16H18ClN3O2S/c1-12-5-4-6-14(16(12)17)23(21,22)19-13-8-10-20(11-13)15-7-2-3-9-18-15/h2-7,9,13,19H,8,10-11H2,1H3/t13-/m1/s1. The molecule has 1 fully saturated rings. The number of aryl methyl sites for hydroxylation is 1. The van der Waals surface area contributed by atoms with Gasteiger partial charge < -0.3 is 4.90 Å². The molecule has 0 unspecified atom stereocenters. The first-order valence-electron chi connectivity index (χ1n) is 7.41. The average Bonchev–Trinajstić information content (AvgIpc) is 2.98. The predicted octanol–water partition coefficient (Wildman–Crippen LogP) is 2.60. The lowest BCUT2D eigenvalue weighted by Gasteiger charge is -2.18. The van der Waals surface area contributed by atoms with Crippen molar-refractivity contribution in [1.29, 1.82) is 0 Å². The molecule has 1 aromatic heterocycles. The lowest BCUT2D eigenvalue weighted by molar-refractivity contribution is 0.561. The number of sulfonamides is 1. The lowest BCUT2D eigenvalue weighted by Crippen LogP contribution is -2.37. The van der Waals surface area contributed by atoms with Crippen molar-refractivity contribution in [1.82, 2.24) is 9.71 Å². The van der Waals surface area contributed by atoms with Crippen LogP contribution >= 0.6 is 11.6 Å². The zero-order valence-electron chi connectivity index (χ0n) is 12.7. The Morgan fingerprint density at radius 2 is 2.09 bits per heavy atom. The molecular weight excluding hydrogens is 334 g/mol. The molecular formula is C16H18ClN3O2S. The van der Waals surface area contributed by atoms with Crippen molar-refractivity contribution >= 4 is 27.4 Å². The molecule has 0 spiro atoms. The Balaban J connectivity index is 1.74. The second kappa shape index (κ2) is 6.47. The van der Waals surface area contributed by atoms with E-state index in [1.165, 1.54) is 6.07 Å². The third-order valence-electron chi connectivity index (χ3n) is 3.93. The molecule has 0 aliphatic carbocycles. The molecule has 1 aliphatic rings. The van der Waals surface area contributed by atoms with Crippen LogP contribution < -0.4 is 9.62 Å². The third kappa shape index (κ3) is 3.49. The predicted molar refractivity (Wildman–Crippen MR) is 91.4 cm³/mol. The maximum atomic E-state index is 12.6. The number of hydrogen-bond acceptors (Lipinski definition) is 4. The van der Waals surface area contributed by atoms with Crippen LogP contribution in [0, 0.1) is 6.92 Å². The summed E-state index contributed by atoms with van der Waals surface area (Å²) in [5.74, 6) is 0.864. The van der Waals surface area contributed by atoms with Crippen molar-refractivity contribution in [2.75, 3.05) is 18.0 Å². The molecule has 2 heterocycles. The Bertz CT molecular complexity index is 796.